The van der Waals surface area contributed by atoms with Crippen LogP contribution in [0, 0.1) is 5.92 Å². The van der Waals surface area contributed by atoms with Gasteiger partial charge in [0.1, 0.15) is 5.75 Å². The second-order valence-corrected chi connectivity index (χ2v) is 7.17. The average molecular weight is 381 g/mol. The highest BCUT2D eigenvalue weighted by molar-refractivity contribution is 5.74. The van der Waals surface area contributed by atoms with E-state index in [9.17, 15) is 4.79 Å². The lowest BCUT2D eigenvalue weighted by Gasteiger charge is -2.19. The fraction of sp³-hybridized carbons (Fsp3) is 0.381. The molecule has 2 amide bonds. The van der Waals surface area contributed by atoms with Crippen molar-refractivity contribution in [1.29, 1.82) is 0 Å². The molecule has 28 heavy (non-hydrogen) atoms. The van der Waals surface area contributed by atoms with Crippen LogP contribution < -0.4 is 15.4 Å². The second kappa shape index (κ2) is 9.21. The van der Waals surface area contributed by atoms with E-state index in [2.05, 4.69) is 34.7 Å². The van der Waals surface area contributed by atoms with Crippen molar-refractivity contribution >= 4 is 11.7 Å². The van der Waals surface area contributed by atoms with Gasteiger partial charge in [-0.25, -0.2) is 4.79 Å². The molecule has 0 spiro atoms. The van der Waals surface area contributed by atoms with Gasteiger partial charge >= 0.3 is 6.03 Å². The molecule has 1 aromatic carbocycles. The molecule has 3 rings (SSSR count). The van der Waals surface area contributed by atoms with E-state index in [1.807, 2.05) is 53.1 Å². The first-order valence-corrected chi connectivity index (χ1v) is 9.53. The molecule has 0 saturated heterocycles. The smallest absolute Gasteiger partial charge is 0.315 e. The molecule has 0 fully saturated rings. The summed E-state index contributed by atoms with van der Waals surface area (Å²) < 4.78 is 7.08. The highest BCUT2D eigenvalue weighted by Crippen LogP contribution is 2.20. The van der Waals surface area contributed by atoms with Crippen LogP contribution in [-0.2, 0) is 6.42 Å². The predicted molar refractivity (Wildman–Crippen MR) is 108 cm³/mol. The monoisotopic (exact) mass is 381 g/mol. The van der Waals surface area contributed by atoms with Crippen LogP contribution >= 0.6 is 0 Å². The molecule has 1 unspecified atom stereocenters. The number of ether oxygens (including phenoxy) is 1. The third-order valence-electron chi connectivity index (χ3n) is 4.52. The summed E-state index contributed by atoms with van der Waals surface area (Å²) in [4.78, 5) is 12.5. The number of methoxy groups -OCH3 is 1. The summed E-state index contributed by atoms with van der Waals surface area (Å²) in [5.74, 6) is 1.97. The second-order valence-electron chi connectivity index (χ2n) is 7.17. The Morgan fingerprint density at radius 3 is 2.64 bits per heavy atom. The third-order valence-corrected chi connectivity index (χ3v) is 4.52. The van der Waals surface area contributed by atoms with Crippen molar-refractivity contribution < 1.29 is 9.53 Å². The third kappa shape index (κ3) is 5.00. The summed E-state index contributed by atoms with van der Waals surface area (Å²) in [7, 11) is 1.65. The van der Waals surface area contributed by atoms with Crippen LogP contribution in [0.15, 0.2) is 48.7 Å². The summed E-state index contributed by atoms with van der Waals surface area (Å²) in [5, 5.41) is 14.5. The number of fused-ring (bicyclic) bond motifs is 1. The van der Waals surface area contributed by atoms with E-state index in [-0.39, 0.29) is 12.1 Å². The van der Waals surface area contributed by atoms with E-state index in [1.165, 1.54) is 0 Å². The van der Waals surface area contributed by atoms with Gasteiger partial charge in [-0.3, -0.25) is 4.40 Å². The molecular formula is C21H27N5O2. The normalized spacial score (nSPS) is 12.1. The highest BCUT2D eigenvalue weighted by Gasteiger charge is 2.21. The molecule has 7 nitrogen and oxygen atoms in total. The number of hydrogen-bond donors (Lipinski definition) is 2. The summed E-state index contributed by atoms with van der Waals surface area (Å²) in [6, 6.07) is 13.2. The minimum absolute atomic E-state index is 0.202. The lowest BCUT2D eigenvalue weighted by atomic mass is 10.0. The van der Waals surface area contributed by atoms with Crippen LogP contribution in [-0.4, -0.2) is 34.3 Å². The Balaban J connectivity index is 1.60. The van der Waals surface area contributed by atoms with Gasteiger partial charge in [-0.15, -0.1) is 10.2 Å². The summed E-state index contributed by atoms with van der Waals surface area (Å²) in [6.07, 6.45) is 3.45. The summed E-state index contributed by atoms with van der Waals surface area (Å²) in [6.45, 7) is 4.80. The maximum atomic E-state index is 12.5. The number of urea groups is 1. The van der Waals surface area contributed by atoms with Crippen LogP contribution in [0.4, 0.5) is 4.79 Å². The number of nitrogens with zero attached hydrogens (tertiary/aromatic N) is 3. The van der Waals surface area contributed by atoms with Gasteiger partial charge < -0.3 is 15.4 Å². The molecule has 3 aromatic rings. The number of amides is 2. The Labute approximate surface area is 165 Å². The van der Waals surface area contributed by atoms with E-state index >= 15 is 0 Å². The minimum atomic E-state index is -0.210. The number of carbonyl (C=O) groups is 1. The van der Waals surface area contributed by atoms with E-state index < -0.39 is 0 Å². The van der Waals surface area contributed by atoms with Gasteiger partial charge in [0.25, 0.3) is 0 Å². The van der Waals surface area contributed by atoms with Crippen LogP contribution in [0.3, 0.4) is 0 Å². The van der Waals surface area contributed by atoms with Crippen molar-refractivity contribution in [3.8, 4) is 5.75 Å². The van der Waals surface area contributed by atoms with Gasteiger partial charge in [-0.2, -0.15) is 0 Å². The highest BCUT2D eigenvalue weighted by atomic mass is 16.5. The quantitative estimate of drug-likeness (QED) is 0.627. The van der Waals surface area contributed by atoms with Crippen molar-refractivity contribution in [2.24, 2.45) is 5.92 Å². The van der Waals surface area contributed by atoms with Crippen molar-refractivity contribution in [1.82, 2.24) is 25.2 Å². The Kier molecular flexibility index (Phi) is 6.47. The van der Waals surface area contributed by atoms with Crippen LogP contribution in [0.1, 0.15) is 37.7 Å². The van der Waals surface area contributed by atoms with Gasteiger partial charge in [0.15, 0.2) is 11.5 Å². The van der Waals surface area contributed by atoms with Crippen molar-refractivity contribution in [2.45, 2.75) is 32.7 Å². The SMILES string of the molecule is COc1ccc(CCNC(=O)NC(CC(C)C)c2nnc3ccccn23)cc1. The van der Waals surface area contributed by atoms with Gasteiger partial charge in [-0.1, -0.05) is 32.0 Å². The van der Waals surface area contributed by atoms with Gasteiger partial charge in [0.05, 0.1) is 13.2 Å². The molecule has 1 atom stereocenters. The lowest BCUT2D eigenvalue weighted by molar-refractivity contribution is 0.234. The number of aromatic nitrogens is 3. The Bertz CT molecular complexity index is 905. The van der Waals surface area contributed by atoms with E-state index in [0.717, 1.165) is 35.6 Å². The molecular weight excluding hydrogens is 354 g/mol. The number of carbonyl (C=O) groups excluding carboxylic acids is 1. The molecule has 0 radical (unpaired) electrons. The Morgan fingerprint density at radius 1 is 1.14 bits per heavy atom. The molecule has 2 heterocycles. The van der Waals surface area contributed by atoms with E-state index in [4.69, 9.17) is 4.74 Å². The molecule has 148 valence electrons. The standard InChI is InChI=1S/C21H27N5O2/c1-15(2)14-18(20-25-24-19-6-4-5-13-26(19)20)23-21(27)22-12-11-16-7-9-17(28-3)10-8-16/h4-10,13,15,18H,11-12,14H2,1-3H3,(H2,22,23,27). The first-order valence-electron chi connectivity index (χ1n) is 9.53. The largest absolute Gasteiger partial charge is 0.497 e. The zero-order valence-corrected chi connectivity index (χ0v) is 16.6. The molecule has 0 aliphatic carbocycles. The first kappa shape index (κ1) is 19.7. The van der Waals surface area contributed by atoms with E-state index in [1.54, 1.807) is 7.11 Å². The van der Waals surface area contributed by atoms with Crippen LogP contribution in [0.5, 0.6) is 5.75 Å². The van der Waals surface area contributed by atoms with E-state index in [0.29, 0.717) is 12.5 Å². The average Bonchev–Trinajstić information content (AvgIpc) is 3.12. The van der Waals surface area contributed by atoms with Gasteiger partial charge in [0.2, 0.25) is 0 Å². The zero-order valence-electron chi connectivity index (χ0n) is 16.6. The first-order chi connectivity index (χ1) is 13.6. The number of benzene rings is 1. The topological polar surface area (TPSA) is 80.5 Å². The van der Waals surface area contributed by atoms with Crippen LogP contribution in [0.25, 0.3) is 5.65 Å². The fourth-order valence-electron chi connectivity index (χ4n) is 3.12. The number of pyridine rings is 1. The number of hydrogen-bond acceptors (Lipinski definition) is 4. The Morgan fingerprint density at radius 2 is 1.93 bits per heavy atom. The predicted octanol–water partition coefficient (Wildman–Crippen LogP) is 3.37. The summed E-state index contributed by atoms with van der Waals surface area (Å²) >= 11 is 0. The maximum Gasteiger partial charge on any atom is 0.315 e. The Hall–Kier alpha value is -3.09. The van der Waals surface area contributed by atoms with Crippen molar-refractivity contribution in [3.63, 3.8) is 0 Å². The van der Waals surface area contributed by atoms with Crippen LogP contribution in [0.2, 0.25) is 0 Å². The molecule has 2 aromatic heterocycles. The molecule has 2 N–H and O–H groups in total. The molecule has 0 aliphatic heterocycles. The maximum absolute atomic E-state index is 12.5. The molecule has 0 bridgehead atoms. The molecule has 7 heteroatoms. The molecule has 0 aliphatic rings. The molecule has 0 saturated carbocycles. The fourth-order valence-corrected chi connectivity index (χ4v) is 3.12. The number of rotatable bonds is 8. The van der Waals surface area contributed by atoms with Crippen molar-refractivity contribution in [3.05, 3.63) is 60.0 Å². The summed E-state index contributed by atoms with van der Waals surface area (Å²) in [5.41, 5.74) is 1.91. The lowest BCUT2D eigenvalue weighted by Crippen LogP contribution is -2.40. The minimum Gasteiger partial charge on any atom is -0.497 e. The van der Waals surface area contributed by atoms with Gasteiger partial charge in [-0.05, 0) is 48.6 Å². The zero-order chi connectivity index (χ0) is 19.9. The van der Waals surface area contributed by atoms with Crippen molar-refractivity contribution in [2.75, 3.05) is 13.7 Å². The number of nitrogens with one attached hydrogen (secondary N) is 2. The van der Waals surface area contributed by atoms with Gasteiger partial charge in [0, 0.05) is 12.7 Å².